The van der Waals surface area contributed by atoms with E-state index in [2.05, 4.69) is 17.6 Å². The molecule has 0 fully saturated rings. The normalized spacial score (nSPS) is 12.2. The number of halogens is 1. The number of hydrogen-bond donors (Lipinski definition) is 2. The van der Waals surface area contributed by atoms with Crippen molar-refractivity contribution in [2.45, 2.75) is 32.7 Å². The smallest absolute Gasteiger partial charge is 0.234 e. The molecule has 0 radical (unpaired) electrons. The highest BCUT2D eigenvalue weighted by Crippen LogP contribution is 2.05. The van der Waals surface area contributed by atoms with Gasteiger partial charge >= 0.3 is 0 Å². The molecular formula is C14H21FN2O. The van der Waals surface area contributed by atoms with Crippen LogP contribution in [0.15, 0.2) is 24.3 Å². The van der Waals surface area contributed by atoms with Crippen LogP contribution in [0, 0.1) is 5.82 Å². The zero-order chi connectivity index (χ0) is 13.4. The molecule has 0 bridgehead atoms. The molecule has 1 aromatic carbocycles. The lowest BCUT2D eigenvalue weighted by Crippen LogP contribution is -2.40. The van der Waals surface area contributed by atoms with Gasteiger partial charge in [-0.3, -0.25) is 4.79 Å². The Kier molecular flexibility index (Phi) is 6.36. The second-order valence-corrected chi connectivity index (χ2v) is 4.48. The summed E-state index contributed by atoms with van der Waals surface area (Å²) in [5.74, 6) is -0.239. The van der Waals surface area contributed by atoms with E-state index in [1.165, 1.54) is 12.1 Å². The summed E-state index contributed by atoms with van der Waals surface area (Å²) in [6, 6.07) is 6.41. The summed E-state index contributed by atoms with van der Waals surface area (Å²) in [5, 5.41) is 5.96. The van der Waals surface area contributed by atoms with Gasteiger partial charge in [0.05, 0.1) is 6.54 Å². The molecule has 3 nitrogen and oxygen atoms in total. The van der Waals surface area contributed by atoms with Crippen LogP contribution in [-0.4, -0.2) is 25.0 Å². The molecule has 0 aliphatic carbocycles. The van der Waals surface area contributed by atoms with Gasteiger partial charge in [-0.2, -0.15) is 0 Å². The number of nitrogens with one attached hydrogen (secondary N) is 2. The molecular weight excluding hydrogens is 231 g/mol. The topological polar surface area (TPSA) is 41.1 Å². The number of carbonyl (C=O) groups is 1. The quantitative estimate of drug-likeness (QED) is 0.727. The van der Waals surface area contributed by atoms with E-state index in [-0.39, 0.29) is 17.8 Å². The fourth-order valence-corrected chi connectivity index (χ4v) is 1.73. The first-order valence-corrected chi connectivity index (χ1v) is 6.36. The molecule has 0 aromatic heterocycles. The van der Waals surface area contributed by atoms with Crippen LogP contribution in [0.4, 0.5) is 4.39 Å². The van der Waals surface area contributed by atoms with Crippen LogP contribution in [-0.2, 0) is 11.2 Å². The molecule has 0 aliphatic heterocycles. The number of hydrogen-bond acceptors (Lipinski definition) is 2. The standard InChI is InChI=1S/C14H21FN2O/c1-3-8-16-10-14(18)17-11(2)9-12-4-6-13(15)7-5-12/h4-7,11,16H,3,8-10H2,1-2H3,(H,17,18). The van der Waals surface area contributed by atoms with Gasteiger partial charge in [0.1, 0.15) is 5.82 Å². The first-order valence-electron chi connectivity index (χ1n) is 6.36. The van der Waals surface area contributed by atoms with Crippen molar-refractivity contribution in [3.63, 3.8) is 0 Å². The van der Waals surface area contributed by atoms with E-state index in [1.54, 1.807) is 12.1 Å². The average Bonchev–Trinajstić information content (AvgIpc) is 2.32. The monoisotopic (exact) mass is 252 g/mol. The van der Waals surface area contributed by atoms with Gasteiger partial charge in [0.25, 0.3) is 0 Å². The lowest BCUT2D eigenvalue weighted by atomic mass is 10.1. The van der Waals surface area contributed by atoms with Gasteiger partial charge in [0.2, 0.25) is 5.91 Å². The molecule has 1 unspecified atom stereocenters. The van der Waals surface area contributed by atoms with Gasteiger partial charge in [-0.25, -0.2) is 4.39 Å². The Labute approximate surface area is 108 Å². The third kappa shape index (κ3) is 5.77. The summed E-state index contributed by atoms with van der Waals surface area (Å²) in [5.41, 5.74) is 1.02. The zero-order valence-corrected chi connectivity index (χ0v) is 11.0. The molecule has 1 rings (SSSR count). The molecule has 1 atom stereocenters. The highest BCUT2D eigenvalue weighted by molar-refractivity contribution is 5.78. The Morgan fingerprint density at radius 2 is 2.00 bits per heavy atom. The van der Waals surface area contributed by atoms with E-state index in [0.29, 0.717) is 13.0 Å². The maximum Gasteiger partial charge on any atom is 0.234 e. The number of amides is 1. The number of benzene rings is 1. The van der Waals surface area contributed by atoms with Crippen molar-refractivity contribution < 1.29 is 9.18 Å². The molecule has 0 saturated carbocycles. The van der Waals surface area contributed by atoms with Gasteiger partial charge < -0.3 is 10.6 Å². The fourth-order valence-electron chi connectivity index (χ4n) is 1.73. The summed E-state index contributed by atoms with van der Waals surface area (Å²) < 4.78 is 12.7. The highest BCUT2D eigenvalue weighted by atomic mass is 19.1. The second-order valence-electron chi connectivity index (χ2n) is 4.48. The lowest BCUT2D eigenvalue weighted by Gasteiger charge is -2.14. The first-order chi connectivity index (χ1) is 8.61. The van der Waals surface area contributed by atoms with Crippen molar-refractivity contribution in [1.29, 1.82) is 0 Å². The first kappa shape index (κ1) is 14.6. The van der Waals surface area contributed by atoms with Gasteiger partial charge in [-0.1, -0.05) is 19.1 Å². The van der Waals surface area contributed by atoms with E-state index >= 15 is 0 Å². The van der Waals surface area contributed by atoms with Crippen LogP contribution in [0.3, 0.4) is 0 Å². The van der Waals surface area contributed by atoms with Gasteiger partial charge in [-0.15, -0.1) is 0 Å². The predicted octanol–water partition coefficient (Wildman–Crippen LogP) is 1.87. The molecule has 100 valence electrons. The van der Waals surface area contributed by atoms with Crippen molar-refractivity contribution in [2.24, 2.45) is 0 Å². The van der Waals surface area contributed by atoms with E-state index in [1.807, 2.05) is 6.92 Å². The summed E-state index contributed by atoms with van der Waals surface area (Å²) in [4.78, 5) is 11.5. The largest absolute Gasteiger partial charge is 0.352 e. The van der Waals surface area contributed by atoms with Crippen LogP contribution in [0.5, 0.6) is 0 Å². The van der Waals surface area contributed by atoms with Gasteiger partial charge in [-0.05, 0) is 44.0 Å². The van der Waals surface area contributed by atoms with Crippen molar-refractivity contribution >= 4 is 5.91 Å². The Morgan fingerprint density at radius 3 is 2.61 bits per heavy atom. The number of rotatable bonds is 7. The molecule has 0 heterocycles. The van der Waals surface area contributed by atoms with Crippen molar-refractivity contribution in [1.82, 2.24) is 10.6 Å². The zero-order valence-electron chi connectivity index (χ0n) is 11.0. The van der Waals surface area contributed by atoms with Crippen LogP contribution in [0.1, 0.15) is 25.8 Å². The maximum atomic E-state index is 12.7. The number of carbonyl (C=O) groups excluding carboxylic acids is 1. The van der Waals surface area contributed by atoms with Crippen LogP contribution in [0.2, 0.25) is 0 Å². The minimum absolute atomic E-state index is 0.00179. The van der Waals surface area contributed by atoms with Crippen molar-refractivity contribution in [3.8, 4) is 0 Å². The van der Waals surface area contributed by atoms with Gasteiger partial charge in [0.15, 0.2) is 0 Å². The van der Waals surface area contributed by atoms with Gasteiger partial charge in [0, 0.05) is 6.04 Å². The van der Waals surface area contributed by atoms with Crippen molar-refractivity contribution in [3.05, 3.63) is 35.6 Å². The molecule has 1 aromatic rings. The van der Waals surface area contributed by atoms with Crippen LogP contribution in [0.25, 0.3) is 0 Å². The summed E-state index contributed by atoms with van der Waals surface area (Å²) in [7, 11) is 0. The van der Waals surface area contributed by atoms with E-state index in [9.17, 15) is 9.18 Å². The van der Waals surface area contributed by atoms with E-state index < -0.39 is 0 Å². The maximum absolute atomic E-state index is 12.7. The molecule has 0 spiro atoms. The summed E-state index contributed by atoms with van der Waals surface area (Å²) >= 11 is 0. The van der Waals surface area contributed by atoms with E-state index in [0.717, 1.165) is 18.5 Å². The third-order valence-corrected chi connectivity index (χ3v) is 2.57. The molecule has 0 aliphatic rings. The third-order valence-electron chi connectivity index (χ3n) is 2.57. The van der Waals surface area contributed by atoms with Crippen molar-refractivity contribution in [2.75, 3.05) is 13.1 Å². The Balaban J connectivity index is 2.30. The van der Waals surface area contributed by atoms with E-state index in [4.69, 9.17) is 0 Å². The van der Waals surface area contributed by atoms with Crippen LogP contribution < -0.4 is 10.6 Å². The summed E-state index contributed by atoms with van der Waals surface area (Å²) in [6.07, 6.45) is 1.72. The SMILES string of the molecule is CCCNCC(=O)NC(C)Cc1ccc(F)cc1. The molecule has 4 heteroatoms. The lowest BCUT2D eigenvalue weighted by molar-refractivity contribution is -0.120. The second kappa shape index (κ2) is 7.82. The molecule has 18 heavy (non-hydrogen) atoms. The molecule has 2 N–H and O–H groups in total. The van der Waals surface area contributed by atoms with Crippen LogP contribution >= 0.6 is 0 Å². The summed E-state index contributed by atoms with van der Waals surface area (Å²) in [6.45, 7) is 5.20. The molecule has 1 amide bonds. The Hall–Kier alpha value is -1.42. The fraction of sp³-hybridized carbons (Fsp3) is 0.500. The Morgan fingerprint density at radius 1 is 1.33 bits per heavy atom. The minimum Gasteiger partial charge on any atom is -0.352 e. The minimum atomic E-state index is -0.237. The average molecular weight is 252 g/mol. The highest BCUT2D eigenvalue weighted by Gasteiger charge is 2.07. The Bertz CT molecular complexity index is 365. The predicted molar refractivity (Wildman–Crippen MR) is 70.9 cm³/mol. The molecule has 0 saturated heterocycles.